The zero-order valence-electron chi connectivity index (χ0n) is 16.1. The number of halogens is 2. The fraction of sp³-hybridized carbons (Fsp3) is 0.300. The summed E-state index contributed by atoms with van der Waals surface area (Å²) in [6.45, 7) is 3.94. The summed E-state index contributed by atoms with van der Waals surface area (Å²) in [4.78, 5) is 16.9. The molecule has 0 unspecified atom stereocenters. The number of benzene rings is 2. The molecule has 4 rings (SSSR count). The van der Waals surface area contributed by atoms with Gasteiger partial charge in [-0.2, -0.15) is 4.68 Å². The molecule has 0 atom stereocenters. The SMILES string of the molecule is O=C(CSc1nnnn1-c1ccc(Cl)cc1)N1CCN(Cc2cccc(Cl)c2)CC1. The summed E-state index contributed by atoms with van der Waals surface area (Å²) < 4.78 is 1.61. The summed E-state index contributed by atoms with van der Waals surface area (Å²) in [5, 5.41) is 13.8. The molecule has 1 aliphatic heterocycles. The fourth-order valence-corrected chi connectivity index (χ4v) is 4.41. The molecule has 1 fully saturated rings. The molecule has 30 heavy (non-hydrogen) atoms. The summed E-state index contributed by atoms with van der Waals surface area (Å²) in [5.74, 6) is 0.385. The molecule has 1 aliphatic rings. The molecule has 2 heterocycles. The van der Waals surface area contributed by atoms with Gasteiger partial charge >= 0.3 is 0 Å². The molecule has 0 bridgehead atoms. The predicted molar refractivity (Wildman–Crippen MR) is 118 cm³/mol. The lowest BCUT2D eigenvalue weighted by atomic mass is 10.2. The molecule has 10 heteroatoms. The van der Waals surface area contributed by atoms with Crippen LogP contribution in [-0.4, -0.2) is 67.8 Å². The summed E-state index contributed by atoms with van der Waals surface area (Å²) in [7, 11) is 0. The first-order chi connectivity index (χ1) is 14.6. The highest BCUT2D eigenvalue weighted by atomic mass is 35.5. The van der Waals surface area contributed by atoms with Gasteiger partial charge in [0.15, 0.2) is 0 Å². The number of hydrogen-bond donors (Lipinski definition) is 0. The normalized spacial score (nSPS) is 14.8. The first kappa shape index (κ1) is 21.1. The second-order valence-corrected chi connectivity index (χ2v) is 8.74. The Kier molecular flexibility index (Phi) is 6.89. The summed E-state index contributed by atoms with van der Waals surface area (Å²) in [6.07, 6.45) is 0. The Balaban J connectivity index is 1.28. The molecule has 0 spiro atoms. The van der Waals surface area contributed by atoms with Crippen LogP contribution < -0.4 is 0 Å². The molecular weight excluding hydrogens is 443 g/mol. The number of rotatable bonds is 6. The van der Waals surface area contributed by atoms with Gasteiger partial charge < -0.3 is 4.90 Å². The van der Waals surface area contributed by atoms with Gasteiger partial charge in [-0.25, -0.2) is 0 Å². The van der Waals surface area contributed by atoms with Gasteiger partial charge in [0.1, 0.15) is 0 Å². The van der Waals surface area contributed by atoms with Gasteiger partial charge in [-0.15, -0.1) is 5.10 Å². The third kappa shape index (κ3) is 5.31. The zero-order chi connectivity index (χ0) is 20.9. The maximum Gasteiger partial charge on any atom is 0.233 e. The molecule has 1 amide bonds. The Labute approximate surface area is 188 Å². The number of tetrazole rings is 1. The van der Waals surface area contributed by atoms with Gasteiger partial charge in [-0.3, -0.25) is 9.69 Å². The van der Waals surface area contributed by atoms with Crippen LogP contribution in [0.4, 0.5) is 0 Å². The second-order valence-electron chi connectivity index (χ2n) is 6.93. The second kappa shape index (κ2) is 9.78. The van der Waals surface area contributed by atoms with E-state index >= 15 is 0 Å². The lowest BCUT2D eigenvalue weighted by molar-refractivity contribution is -0.130. The number of carbonyl (C=O) groups excluding carboxylic acids is 1. The van der Waals surface area contributed by atoms with Crippen LogP contribution >= 0.6 is 35.0 Å². The monoisotopic (exact) mass is 462 g/mol. The van der Waals surface area contributed by atoms with Crippen molar-refractivity contribution >= 4 is 40.9 Å². The lowest BCUT2D eigenvalue weighted by Gasteiger charge is -2.34. The quantitative estimate of drug-likeness (QED) is 0.522. The molecule has 0 aliphatic carbocycles. The van der Waals surface area contributed by atoms with Crippen molar-refractivity contribution in [2.24, 2.45) is 0 Å². The van der Waals surface area contributed by atoms with Crippen molar-refractivity contribution in [3.05, 3.63) is 64.1 Å². The minimum absolute atomic E-state index is 0.0908. The Morgan fingerprint density at radius 1 is 1.00 bits per heavy atom. The van der Waals surface area contributed by atoms with Gasteiger partial charge in [-0.1, -0.05) is 47.1 Å². The van der Waals surface area contributed by atoms with E-state index in [0.29, 0.717) is 29.0 Å². The smallest absolute Gasteiger partial charge is 0.233 e. The average molecular weight is 463 g/mol. The average Bonchev–Trinajstić information content (AvgIpc) is 3.22. The molecule has 1 saturated heterocycles. The molecule has 7 nitrogen and oxygen atoms in total. The number of piperazine rings is 1. The first-order valence-corrected chi connectivity index (χ1v) is 11.2. The molecule has 0 radical (unpaired) electrons. The Hall–Kier alpha value is -2.13. The highest BCUT2D eigenvalue weighted by Gasteiger charge is 2.22. The molecule has 1 aromatic heterocycles. The lowest BCUT2D eigenvalue weighted by Crippen LogP contribution is -2.48. The van der Waals surface area contributed by atoms with E-state index in [0.717, 1.165) is 30.3 Å². The van der Waals surface area contributed by atoms with E-state index in [9.17, 15) is 4.79 Å². The highest BCUT2D eigenvalue weighted by molar-refractivity contribution is 7.99. The van der Waals surface area contributed by atoms with Gasteiger partial charge in [0.2, 0.25) is 11.1 Å². The van der Waals surface area contributed by atoms with Crippen molar-refractivity contribution in [3.8, 4) is 5.69 Å². The minimum atomic E-state index is 0.0908. The maximum absolute atomic E-state index is 12.7. The van der Waals surface area contributed by atoms with Crippen molar-refractivity contribution < 1.29 is 4.79 Å². The molecule has 3 aromatic rings. The van der Waals surface area contributed by atoms with Crippen molar-refractivity contribution in [1.82, 2.24) is 30.0 Å². The zero-order valence-corrected chi connectivity index (χ0v) is 18.4. The van der Waals surface area contributed by atoms with Crippen LogP contribution in [0, 0.1) is 0 Å². The highest BCUT2D eigenvalue weighted by Crippen LogP contribution is 2.20. The summed E-state index contributed by atoms with van der Waals surface area (Å²) in [5.41, 5.74) is 1.99. The van der Waals surface area contributed by atoms with Gasteiger partial charge in [0, 0.05) is 42.8 Å². The van der Waals surface area contributed by atoms with E-state index in [2.05, 4.69) is 26.5 Å². The van der Waals surface area contributed by atoms with Crippen LogP contribution in [0.2, 0.25) is 10.0 Å². The van der Waals surface area contributed by atoms with E-state index in [4.69, 9.17) is 23.2 Å². The number of thioether (sulfide) groups is 1. The Morgan fingerprint density at radius 3 is 2.50 bits per heavy atom. The van der Waals surface area contributed by atoms with E-state index in [-0.39, 0.29) is 5.91 Å². The van der Waals surface area contributed by atoms with Crippen molar-refractivity contribution in [3.63, 3.8) is 0 Å². The maximum atomic E-state index is 12.7. The fourth-order valence-electron chi connectivity index (χ4n) is 3.28. The largest absolute Gasteiger partial charge is 0.339 e. The third-order valence-corrected chi connectivity index (χ3v) is 6.25. The van der Waals surface area contributed by atoms with Crippen molar-refractivity contribution in [1.29, 1.82) is 0 Å². The van der Waals surface area contributed by atoms with Crippen molar-refractivity contribution in [2.45, 2.75) is 11.7 Å². The molecule has 156 valence electrons. The first-order valence-electron chi connectivity index (χ1n) is 9.50. The molecule has 0 N–H and O–H groups in total. The summed E-state index contributed by atoms with van der Waals surface area (Å²) >= 11 is 13.3. The van der Waals surface area contributed by atoms with Gasteiger partial charge in [0.25, 0.3) is 0 Å². The minimum Gasteiger partial charge on any atom is -0.339 e. The number of carbonyl (C=O) groups is 1. The van der Waals surface area contributed by atoms with E-state index in [1.165, 1.54) is 17.3 Å². The Morgan fingerprint density at radius 2 is 1.77 bits per heavy atom. The van der Waals surface area contributed by atoms with Crippen LogP contribution in [-0.2, 0) is 11.3 Å². The van der Waals surface area contributed by atoms with Crippen LogP contribution in [0.3, 0.4) is 0 Å². The van der Waals surface area contributed by atoms with E-state index in [1.807, 2.05) is 35.2 Å². The number of hydrogen-bond acceptors (Lipinski definition) is 6. The van der Waals surface area contributed by atoms with Gasteiger partial charge in [-0.05, 0) is 52.4 Å². The van der Waals surface area contributed by atoms with Crippen LogP contribution in [0.5, 0.6) is 0 Å². The number of aromatic nitrogens is 4. The van der Waals surface area contributed by atoms with E-state index in [1.54, 1.807) is 16.8 Å². The number of nitrogens with zero attached hydrogens (tertiary/aromatic N) is 6. The van der Waals surface area contributed by atoms with Gasteiger partial charge in [0.05, 0.1) is 11.4 Å². The van der Waals surface area contributed by atoms with Crippen LogP contribution in [0.25, 0.3) is 5.69 Å². The topological polar surface area (TPSA) is 67.2 Å². The van der Waals surface area contributed by atoms with Crippen LogP contribution in [0.1, 0.15) is 5.56 Å². The number of amides is 1. The molecule has 2 aromatic carbocycles. The predicted octanol–water partition coefficient (Wildman–Crippen LogP) is 3.41. The summed E-state index contributed by atoms with van der Waals surface area (Å²) in [6, 6.07) is 15.1. The van der Waals surface area contributed by atoms with Crippen LogP contribution in [0.15, 0.2) is 53.7 Å². The van der Waals surface area contributed by atoms with E-state index < -0.39 is 0 Å². The third-order valence-electron chi connectivity index (χ3n) is 4.86. The van der Waals surface area contributed by atoms with Crippen molar-refractivity contribution in [2.75, 3.05) is 31.9 Å². The molecule has 0 saturated carbocycles. The molecular formula is C20H20Cl2N6OS. The standard InChI is InChI=1S/C20H20Cl2N6OS/c21-16-4-6-18(7-5-16)28-20(23-24-25-28)30-14-19(29)27-10-8-26(9-11-27)13-15-2-1-3-17(22)12-15/h1-7,12H,8-11,13-14H2. The Bertz CT molecular complexity index is 1000.